The van der Waals surface area contributed by atoms with Gasteiger partial charge < -0.3 is 11.7 Å². The Bertz CT molecular complexity index is 98.3. The predicted octanol–water partition coefficient (Wildman–Crippen LogP) is 3.44. The maximum absolute atomic E-state index is 5.36. The molecule has 1 radical (unpaired) electrons. The molecule has 0 aromatic carbocycles. The zero-order valence-electron chi connectivity index (χ0n) is 9.44. The van der Waals surface area contributed by atoms with Gasteiger partial charge in [-0.1, -0.05) is 27.2 Å². The van der Waals surface area contributed by atoms with E-state index in [2.05, 4.69) is 13.8 Å². The smallest absolute Gasteiger partial charge is 0.0498 e. The van der Waals surface area contributed by atoms with Crippen LogP contribution in [0.1, 0.15) is 46.5 Å². The Morgan fingerprint density at radius 2 is 2.00 bits per heavy atom. The van der Waals surface area contributed by atoms with Gasteiger partial charge in [-0.2, -0.15) is 6.42 Å². The van der Waals surface area contributed by atoms with Crippen molar-refractivity contribution < 1.29 is 37.4 Å². The summed E-state index contributed by atoms with van der Waals surface area (Å²) >= 11 is 0. The van der Waals surface area contributed by atoms with Gasteiger partial charge in [0.05, 0.1) is 0 Å². The van der Waals surface area contributed by atoms with Crippen LogP contribution >= 0.6 is 0 Å². The van der Waals surface area contributed by atoms with Crippen molar-refractivity contribution in [2.45, 2.75) is 46.5 Å². The van der Waals surface area contributed by atoms with E-state index in [1.54, 1.807) is 0 Å². The second kappa shape index (κ2) is 9.61. The third-order valence-corrected chi connectivity index (χ3v) is 2.50. The van der Waals surface area contributed by atoms with Crippen LogP contribution in [-0.2, 0) is 37.4 Å². The van der Waals surface area contributed by atoms with Gasteiger partial charge in [-0.25, -0.2) is 0 Å². The normalized spacial score (nSPS) is 25.8. The molecular weight excluding hydrogens is 237 g/mol. The summed E-state index contributed by atoms with van der Waals surface area (Å²) in [6, 6.07) is 0. The van der Waals surface area contributed by atoms with E-state index < -0.39 is 0 Å². The number of hydrogen-bond donors (Lipinski definition) is 0. The molecule has 13 heavy (non-hydrogen) atoms. The first-order valence-electron chi connectivity index (χ1n) is 5.20. The Morgan fingerprint density at radius 1 is 1.38 bits per heavy atom. The van der Waals surface area contributed by atoms with E-state index in [4.69, 9.17) is 4.74 Å². The standard InChI is InChI=1S/C9H17O.C2H6.Y/c1-3-5-9(4-2)6-7-10-8-9;1-2;/h2-8H2,1H3;1-2H3;/q-1;;. The second-order valence-corrected chi connectivity index (χ2v) is 3.30. The van der Waals surface area contributed by atoms with Crippen LogP contribution < -0.4 is 0 Å². The molecule has 1 saturated heterocycles. The van der Waals surface area contributed by atoms with Gasteiger partial charge in [0.15, 0.2) is 0 Å². The number of hydrogen-bond acceptors (Lipinski definition) is 1. The molecule has 0 saturated carbocycles. The van der Waals surface area contributed by atoms with Gasteiger partial charge >= 0.3 is 0 Å². The van der Waals surface area contributed by atoms with Gasteiger partial charge in [0.25, 0.3) is 0 Å². The van der Waals surface area contributed by atoms with Crippen molar-refractivity contribution in [1.82, 2.24) is 0 Å². The van der Waals surface area contributed by atoms with Crippen LogP contribution in [0.2, 0.25) is 0 Å². The Hall–Kier alpha value is 1.06. The van der Waals surface area contributed by atoms with Crippen molar-refractivity contribution in [3.63, 3.8) is 0 Å². The van der Waals surface area contributed by atoms with Crippen molar-refractivity contribution in [3.8, 4) is 0 Å². The molecule has 1 unspecified atom stereocenters. The molecule has 2 heteroatoms. The molecule has 0 amide bonds. The van der Waals surface area contributed by atoms with Crippen LogP contribution in [0.15, 0.2) is 0 Å². The summed E-state index contributed by atoms with van der Waals surface area (Å²) in [5.41, 5.74) is 0.453. The van der Waals surface area contributed by atoms with Crippen molar-refractivity contribution in [2.75, 3.05) is 13.2 Å². The summed E-state index contributed by atoms with van der Waals surface area (Å²) in [4.78, 5) is 0. The van der Waals surface area contributed by atoms with Gasteiger partial charge in [0.1, 0.15) is 0 Å². The molecule has 77 valence electrons. The van der Waals surface area contributed by atoms with Crippen LogP contribution in [0, 0.1) is 12.3 Å². The monoisotopic (exact) mass is 260 g/mol. The Morgan fingerprint density at radius 3 is 2.31 bits per heavy atom. The summed E-state index contributed by atoms with van der Waals surface area (Å²) in [7, 11) is 0. The average molecular weight is 260 g/mol. The quantitative estimate of drug-likeness (QED) is 0.706. The van der Waals surface area contributed by atoms with Gasteiger partial charge in [0, 0.05) is 45.9 Å². The molecule has 0 aromatic heterocycles. The van der Waals surface area contributed by atoms with E-state index in [-0.39, 0.29) is 32.7 Å². The van der Waals surface area contributed by atoms with Gasteiger partial charge in [0.2, 0.25) is 0 Å². The van der Waals surface area contributed by atoms with E-state index >= 15 is 0 Å². The molecule has 1 rings (SSSR count). The number of ether oxygens (including phenoxy) is 1. The second-order valence-electron chi connectivity index (χ2n) is 3.30. The Kier molecular flexibility index (Phi) is 12.2. The fourth-order valence-electron chi connectivity index (χ4n) is 1.70. The molecule has 1 fully saturated rings. The first-order chi connectivity index (χ1) is 5.83. The number of rotatable bonds is 3. The maximum Gasteiger partial charge on any atom is 0.0498 e. The maximum atomic E-state index is 5.36. The molecule has 0 bridgehead atoms. The van der Waals surface area contributed by atoms with Crippen LogP contribution in [0.5, 0.6) is 0 Å². The Labute approximate surface area is 109 Å². The first-order valence-corrected chi connectivity index (χ1v) is 5.20. The van der Waals surface area contributed by atoms with Crippen LogP contribution in [0.25, 0.3) is 0 Å². The summed E-state index contributed by atoms with van der Waals surface area (Å²) in [6.45, 7) is 12.1. The average Bonchev–Trinajstić information content (AvgIpc) is 2.58. The first kappa shape index (κ1) is 16.5. The van der Waals surface area contributed by atoms with E-state index in [0.29, 0.717) is 5.41 Å². The van der Waals surface area contributed by atoms with Gasteiger partial charge in [-0.15, -0.1) is 0 Å². The van der Waals surface area contributed by atoms with Crippen molar-refractivity contribution in [3.05, 3.63) is 6.92 Å². The topological polar surface area (TPSA) is 9.23 Å². The minimum absolute atomic E-state index is 0. The summed E-state index contributed by atoms with van der Waals surface area (Å²) in [5.74, 6) is 0. The minimum atomic E-state index is 0. The largest absolute Gasteiger partial charge is 0.381 e. The molecule has 1 atom stereocenters. The zero-order chi connectivity index (χ0) is 9.45. The molecule has 0 aliphatic carbocycles. The van der Waals surface area contributed by atoms with Crippen LogP contribution in [0.4, 0.5) is 0 Å². The van der Waals surface area contributed by atoms with Gasteiger partial charge in [-0.05, 0) is 18.3 Å². The molecule has 1 heterocycles. The molecule has 1 aliphatic rings. The molecular formula is C11H23OY-. The fourth-order valence-corrected chi connectivity index (χ4v) is 1.70. The van der Waals surface area contributed by atoms with Gasteiger partial charge in [-0.3, -0.25) is 0 Å². The van der Waals surface area contributed by atoms with Crippen molar-refractivity contribution >= 4 is 0 Å². The molecule has 1 aliphatic heterocycles. The summed E-state index contributed by atoms with van der Waals surface area (Å²) in [6.07, 6.45) is 4.82. The Balaban J connectivity index is 0. The zero-order valence-corrected chi connectivity index (χ0v) is 12.3. The minimum Gasteiger partial charge on any atom is -0.381 e. The van der Waals surface area contributed by atoms with Crippen molar-refractivity contribution in [2.24, 2.45) is 5.41 Å². The van der Waals surface area contributed by atoms with Crippen LogP contribution in [0.3, 0.4) is 0 Å². The summed E-state index contributed by atoms with van der Waals surface area (Å²) < 4.78 is 5.36. The SMILES string of the molecule is CC.[CH2-]CC1(CCC)CCOC1.[Y]. The molecule has 0 spiro atoms. The van der Waals surface area contributed by atoms with E-state index in [1.807, 2.05) is 13.8 Å². The van der Waals surface area contributed by atoms with E-state index in [9.17, 15) is 0 Å². The third-order valence-electron chi connectivity index (χ3n) is 2.50. The van der Waals surface area contributed by atoms with E-state index in [1.165, 1.54) is 19.3 Å². The molecule has 0 N–H and O–H groups in total. The third kappa shape index (κ3) is 5.49. The van der Waals surface area contributed by atoms with Crippen LogP contribution in [-0.4, -0.2) is 13.2 Å². The molecule has 1 nitrogen and oxygen atoms in total. The fraction of sp³-hybridized carbons (Fsp3) is 0.909. The predicted molar refractivity (Wildman–Crippen MR) is 54.1 cm³/mol. The summed E-state index contributed by atoms with van der Waals surface area (Å²) in [5, 5.41) is 0. The van der Waals surface area contributed by atoms with E-state index in [0.717, 1.165) is 19.6 Å². The van der Waals surface area contributed by atoms with Crippen molar-refractivity contribution in [1.29, 1.82) is 0 Å². The molecule has 0 aromatic rings.